The summed E-state index contributed by atoms with van der Waals surface area (Å²) >= 11 is 1.12. The summed E-state index contributed by atoms with van der Waals surface area (Å²) in [4.78, 5) is 27.6. The molecule has 1 aliphatic carbocycles. The normalized spacial score (nSPS) is 15.5. The molecule has 0 unspecified atom stereocenters. The van der Waals surface area contributed by atoms with Crippen molar-refractivity contribution in [2.75, 3.05) is 26.9 Å². The van der Waals surface area contributed by atoms with E-state index in [1.807, 2.05) is 0 Å². The highest BCUT2D eigenvalue weighted by molar-refractivity contribution is 7.11. The van der Waals surface area contributed by atoms with Crippen LogP contribution in [0.2, 0.25) is 0 Å². The van der Waals surface area contributed by atoms with Gasteiger partial charge in [-0.15, -0.1) is 11.3 Å². The van der Waals surface area contributed by atoms with Gasteiger partial charge in [0.2, 0.25) is 5.01 Å². The Bertz CT molecular complexity index is 511. The van der Waals surface area contributed by atoms with E-state index in [0.29, 0.717) is 19.8 Å². The van der Waals surface area contributed by atoms with Crippen LogP contribution < -0.4 is 5.32 Å². The van der Waals surface area contributed by atoms with E-state index in [1.54, 1.807) is 19.4 Å². The van der Waals surface area contributed by atoms with Gasteiger partial charge in [-0.1, -0.05) is 0 Å². The van der Waals surface area contributed by atoms with Gasteiger partial charge in [-0.3, -0.25) is 4.79 Å². The zero-order valence-corrected chi connectivity index (χ0v) is 13.1. The van der Waals surface area contributed by atoms with Gasteiger partial charge in [-0.05, 0) is 31.6 Å². The number of amides is 1. The third-order valence-corrected chi connectivity index (χ3v) is 4.43. The topological polar surface area (TPSA) is 77.5 Å². The molecule has 1 heterocycles. The van der Waals surface area contributed by atoms with Crippen molar-refractivity contribution in [3.63, 3.8) is 0 Å². The monoisotopic (exact) mass is 312 g/mol. The Hall–Kier alpha value is -1.47. The number of carbonyl (C=O) groups is 2. The van der Waals surface area contributed by atoms with Crippen molar-refractivity contribution in [3.8, 4) is 0 Å². The molecule has 1 N–H and O–H groups in total. The summed E-state index contributed by atoms with van der Waals surface area (Å²) in [6, 6.07) is 0. The highest BCUT2D eigenvalue weighted by atomic mass is 32.1. The maximum absolute atomic E-state index is 12.0. The second kappa shape index (κ2) is 7.00. The Labute approximate surface area is 127 Å². The number of thiazole rings is 1. The number of rotatable bonds is 8. The Morgan fingerprint density at radius 2 is 2.24 bits per heavy atom. The van der Waals surface area contributed by atoms with Gasteiger partial charge in [-0.25, -0.2) is 9.78 Å². The molecule has 0 saturated heterocycles. The van der Waals surface area contributed by atoms with E-state index < -0.39 is 5.97 Å². The molecule has 0 radical (unpaired) electrons. The highest BCUT2D eigenvalue weighted by Crippen LogP contribution is 2.48. The molecule has 1 aromatic heterocycles. The van der Waals surface area contributed by atoms with Gasteiger partial charge in [0, 0.05) is 25.6 Å². The van der Waals surface area contributed by atoms with Gasteiger partial charge < -0.3 is 14.8 Å². The van der Waals surface area contributed by atoms with Crippen LogP contribution in [-0.4, -0.2) is 43.7 Å². The Kier molecular flexibility index (Phi) is 5.30. The van der Waals surface area contributed by atoms with E-state index in [0.717, 1.165) is 30.6 Å². The van der Waals surface area contributed by atoms with Crippen LogP contribution in [0.3, 0.4) is 0 Å². The summed E-state index contributed by atoms with van der Waals surface area (Å²) in [6.45, 7) is 3.36. The van der Waals surface area contributed by atoms with Crippen molar-refractivity contribution < 1.29 is 19.1 Å². The van der Waals surface area contributed by atoms with Crippen LogP contribution in [0.25, 0.3) is 0 Å². The molecule has 0 bridgehead atoms. The summed E-state index contributed by atoms with van der Waals surface area (Å²) in [5.41, 5.74) is 0.455. The number of nitrogens with zero attached hydrogens (tertiary/aromatic N) is 1. The number of aromatic nitrogens is 1. The lowest BCUT2D eigenvalue weighted by Gasteiger charge is -2.14. The van der Waals surface area contributed by atoms with Gasteiger partial charge in [0.05, 0.1) is 6.61 Å². The standard InChI is InChI=1S/C14H20N2O4S/c1-3-20-13(18)12-16-10(8-21-12)11(17)15-9-14(4-5-14)6-7-19-2/h8H,3-7,9H2,1-2H3,(H,15,17). The summed E-state index contributed by atoms with van der Waals surface area (Å²) in [7, 11) is 1.68. The number of esters is 1. The first kappa shape index (κ1) is 15.9. The van der Waals surface area contributed by atoms with E-state index in [2.05, 4.69) is 10.3 Å². The van der Waals surface area contributed by atoms with Crippen molar-refractivity contribution in [1.29, 1.82) is 0 Å². The lowest BCUT2D eigenvalue weighted by molar-refractivity contribution is 0.0526. The van der Waals surface area contributed by atoms with E-state index in [-0.39, 0.29) is 22.0 Å². The number of hydrogen-bond acceptors (Lipinski definition) is 6. The highest BCUT2D eigenvalue weighted by Gasteiger charge is 2.42. The lowest BCUT2D eigenvalue weighted by atomic mass is 10.0. The molecule has 116 valence electrons. The Morgan fingerprint density at radius 3 is 2.86 bits per heavy atom. The second-order valence-electron chi connectivity index (χ2n) is 5.18. The van der Waals surface area contributed by atoms with Crippen LogP contribution in [0.4, 0.5) is 0 Å². The van der Waals surface area contributed by atoms with Crippen LogP contribution in [0.15, 0.2) is 5.38 Å². The van der Waals surface area contributed by atoms with Crippen molar-refractivity contribution in [2.24, 2.45) is 5.41 Å². The predicted octanol–water partition coefficient (Wildman–Crippen LogP) is 1.87. The minimum atomic E-state index is -0.486. The third kappa shape index (κ3) is 4.25. The van der Waals surface area contributed by atoms with Gasteiger partial charge >= 0.3 is 5.97 Å². The second-order valence-corrected chi connectivity index (χ2v) is 6.04. The van der Waals surface area contributed by atoms with E-state index in [1.165, 1.54) is 0 Å². The predicted molar refractivity (Wildman–Crippen MR) is 78.6 cm³/mol. The Morgan fingerprint density at radius 1 is 1.48 bits per heavy atom. The van der Waals surface area contributed by atoms with Gasteiger partial charge in [0.1, 0.15) is 5.69 Å². The molecule has 1 saturated carbocycles. The molecule has 0 aromatic carbocycles. The van der Waals surface area contributed by atoms with Crippen LogP contribution in [0.1, 0.15) is 46.5 Å². The summed E-state index contributed by atoms with van der Waals surface area (Å²) in [6.07, 6.45) is 3.18. The number of carbonyl (C=O) groups excluding carboxylic acids is 2. The minimum absolute atomic E-state index is 0.186. The number of methoxy groups -OCH3 is 1. The van der Waals surface area contributed by atoms with E-state index in [4.69, 9.17) is 9.47 Å². The van der Waals surface area contributed by atoms with Crippen LogP contribution >= 0.6 is 11.3 Å². The van der Waals surface area contributed by atoms with Gasteiger partial charge in [0.25, 0.3) is 5.91 Å². The number of hydrogen-bond donors (Lipinski definition) is 1. The van der Waals surface area contributed by atoms with Crippen LogP contribution in [0.5, 0.6) is 0 Å². The molecule has 7 heteroatoms. The maximum Gasteiger partial charge on any atom is 0.367 e. The first-order valence-corrected chi connectivity index (χ1v) is 7.88. The molecule has 1 fully saturated rings. The maximum atomic E-state index is 12.0. The molecular weight excluding hydrogens is 292 g/mol. The lowest BCUT2D eigenvalue weighted by Crippen LogP contribution is -2.31. The Balaban J connectivity index is 1.85. The average molecular weight is 312 g/mol. The molecular formula is C14H20N2O4S. The molecule has 1 aromatic rings. The minimum Gasteiger partial charge on any atom is -0.461 e. The summed E-state index contributed by atoms with van der Waals surface area (Å²) < 4.78 is 9.94. The number of ether oxygens (including phenoxy) is 2. The van der Waals surface area contributed by atoms with Crippen molar-refractivity contribution >= 4 is 23.2 Å². The van der Waals surface area contributed by atoms with E-state index in [9.17, 15) is 9.59 Å². The van der Waals surface area contributed by atoms with Gasteiger partial charge in [0.15, 0.2) is 0 Å². The fourth-order valence-electron chi connectivity index (χ4n) is 2.03. The zero-order valence-electron chi connectivity index (χ0n) is 12.3. The number of nitrogens with one attached hydrogen (secondary N) is 1. The van der Waals surface area contributed by atoms with Crippen molar-refractivity contribution in [1.82, 2.24) is 10.3 Å². The van der Waals surface area contributed by atoms with Crippen LogP contribution in [0, 0.1) is 5.41 Å². The first-order valence-electron chi connectivity index (χ1n) is 7.00. The smallest absolute Gasteiger partial charge is 0.367 e. The molecule has 6 nitrogen and oxygen atoms in total. The van der Waals surface area contributed by atoms with Crippen molar-refractivity contribution in [2.45, 2.75) is 26.2 Å². The molecule has 1 aliphatic rings. The van der Waals surface area contributed by atoms with E-state index >= 15 is 0 Å². The zero-order chi connectivity index (χ0) is 15.3. The largest absolute Gasteiger partial charge is 0.461 e. The fourth-order valence-corrected chi connectivity index (χ4v) is 2.72. The van der Waals surface area contributed by atoms with Gasteiger partial charge in [-0.2, -0.15) is 0 Å². The average Bonchev–Trinajstić information content (AvgIpc) is 3.07. The molecule has 0 aliphatic heterocycles. The molecule has 0 atom stereocenters. The van der Waals surface area contributed by atoms with Crippen molar-refractivity contribution in [3.05, 3.63) is 16.1 Å². The molecule has 0 spiro atoms. The quantitative estimate of drug-likeness (QED) is 0.741. The molecule has 1 amide bonds. The first-order chi connectivity index (χ1) is 10.1. The summed E-state index contributed by atoms with van der Waals surface area (Å²) in [5, 5.41) is 4.68. The fraction of sp³-hybridized carbons (Fsp3) is 0.643. The third-order valence-electron chi connectivity index (χ3n) is 3.60. The SMILES string of the molecule is CCOC(=O)c1nc(C(=O)NCC2(CCOC)CC2)cs1. The molecule has 2 rings (SSSR count). The molecule has 21 heavy (non-hydrogen) atoms. The summed E-state index contributed by atoms with van der Waals surface area (Å²) in [5.74, 6) is -0.731. The van der Waals surface area contributed by atoms with Crippen LogP contribution in [-0.2, 0) is 9.47 Å².